The number of aromatic nitrogens is 3. The van der Waals surface area contributed by atoms with Gasteiger partial charge >= 0.3 is 5.97 Å². The summed E-state index contributed by atoms with van der Waals surface area (Å²) in [4.78, 5) is 18.8. The van der Waals surface area contributed by atoms with E-state index in [0.717, 1.165) is 44.3 Å². The highest BCUT2D eigenvalue weighted by Crippen LogP contribution is 2.18. The van der Waals surface area contributed by atoms with Crippen LogP contribution in [0.4, 0.5) is 0 Å². The molecule has 0 aliphatic carbocycles. The standard InChI is InChI=1S/C16H28N6O2.HI/c1-4-17-16(18-10-14-20-19-12-21(14)5-2)22-9-7-8-13(11-22)15(23)24-6-3;/h12-13H,4-11H2,1-3H3,(H,17,18);1H. The Labute approximate surface area is 166 Å². The highest BCUT2D eigenvalue weighted by Gasteiger charge is 2.28. The summed E-state index contributed by atoms with van der Waals surface area (Å²) in [5.74, 6) is 1.47. The average molecular weight is 464 g/mol. The molecule has 142 valence electrons. The Kier molecular flexibility index (Phi) is 9.76. The predicted octanol–water partition coefficient (Wildman–Crippen LogP) is 1.66. The monoisotopic (exact) mass is 464 g/mol. The molecule has 25 heavy (non-hydrogen) atoms. The van der Waals surface area contributed by atoms with Gasteiger partial charge in [0.25, 0.3) is 0 Å². The lowest BCUT2D eigenvalue weighted by Gasteiger charge is -2.34. The number of aliphatic imine (C=N–C) groups is 1. The number of carbonyl (C=O) groups excluding carboxylic acids is 1. The Morgan fingerprint density at radius 2 is 2.24 bits per heavy atom. The normalized spacial score (nSPS) is 17.8. The first-order valence-electron chi connectivity index (χ1n) is 8.76. The Morgan fingerprint density at radius 3 is 2.92 bits per heavy atom. The molecule has 0 saturated carbocycles. The van der Waals surface area contributed by atoms with E-state index in [2.05, 4.69) is 32.3 Å². The third-order valence-electron chi connectivity index (χ3n) is 4.08. The molecule has 9 heteroatoms. The first-order chi connectivity index (χ1) is 11.7. The second kappa shape index (κ2) is 11.3. The fraction of sp³-hybridized carbons (Fsp3) is 0.750. The molecule has 1 N–H and O–H groups in total. The Morgan fingerprint density at radius 1 is 1.44 bits per heavy atom. The van der Waals surface area contributed by atoms with Crippen molar-refractivity contribution in [2.45, 2.75) is 46.7 Å². The number of aryl methyl sites for hydroxylation is 1. The number of ether oxygens (including phenoxy) is 1. The first kappa shape index (κ1) is 21.7. The Balaban J connectivity index is 0.00000312. The van der Waals surface area contributed by atoms with E-state index in [-0.39, 0.29) is 35.9 Å². The summed E-state index contributed by atoms with van der Waals surface area (Å²) in [6.07, 6.45) is 3.55. The summed E-state index contributed by atoms with van der Waals surface area (Å²) in [5.41, 5.74) is 0. The van der Waals surface area contributed by atoms with Gasteiger partial charge in [0.1, 0.15) is 12.9 Å². The van der Waals surface area contributed by atoms with Gasteiger partial charge in [-0.15, -0.1) is 34.2 Å². The number of rotatable bonds is 6. The molecule has 2 heterocycles. The zero-order valence-electron chi connectivity index (χ0n) is 15.3. The van der Waals surface area contributed by atoms with Gasteiger partial charge in [0.2, 0.25) is 0 Å². The summed E-state index contributed by atoms with van der Waals surface area (Å²) in [6, 6.07) is 0. The van der Waals surface area contributed by atoms with E-state index in [4.69, 9.17) is 4.74 Å². The van der Waals surface area contributed by atoms with Crippen LogP contribution in [0.1, 0.15) is 39.4 Å². The molecule has 1 saturated heterocycles. The summed E-state index contributed by atoms with van der Waals surface area (Å²) in [7, 11) is 0. The predicted molar refractivity (Wildman–Crippen MR) is 107 cm³/mol. The fourth-order valence-corrected chi connectivity index (χ4v) is 2.86. The molecule has 0 aromatic carbocycles. The van der Waals surface area contributed by atoms with Gasteiger partial charge in [-0.25, -0.2) is 4.99 Å². The van der Waals surface area contributed by atoms with E-state index in [0.29, 0.717) is 19.7 Å². The minimum atomic E-state index is -0.108. The van der Waals surface area contributed by atoms with Crippen molar-refractivity contribution in [2.75, 3.05) is 26.2 Å². The van der Waals surface area contributed by atoms with Crippen LogP contribution in [0.2, 0.25) is 0 Å². The third kappa shape index (κ3) is 6.12. The van der Waals surface area contributed by atoms with Crippen molar-refractivity contribution in [3.05, 3.63) is 12.2 Å². The first-order valence-corrected chi connectivity index (χ1v) is 8.76. The van der Waals surface area contributed by atoms with Gasteiger partial charge in [-0.05, 0) is 33.6 Å². The van der Waals surface area contributed by atoms with Gasteiger partial charge in [0, 0.05) is 26.2 Å². The number of halogens is 1. The van der Waals surface area contributed by atoms with Crippen LogP contribution in [0.5, 0.6) is 0 Å². The summed E-state index contributed by atoms with van der Waals surface area (Å²) in [5, 5.41) is 11.4. The van der Waals surface area contributed by atoms with Gasteiger partial charge in [-0.2, -0.15) is 0 Å². The van der Waals surface area contributed by atoms with Crippen LogP contribution >= 0.6 is 24.0 Å². The van der Waals surface area contributed by atoms with E-state index >= 15 is 0 Å². The van der Waals surface area contributed by atoms with Crippen LogP contribution in [-0.2, 0) is 22.6 Å². The van der Waals surface area contributed by atoms with E-state index in [9.17, 15) is 4.79 Å². The number of guanidine groups is 1. The molecule has 1 aromatic heterocycles. The van der Waals surface area contributed by atoms with Crippen molar-refractivity contribution in [1.82, 2.24) is 25.0 Å². The van der Waals surface area contributed by atoms with Gasteiger partial charge in [0.05, 0.1) is 12.5 Å². The number of carbonyl (C=O) groups is 1. The van der Waals surface area contributed by atoms with Crippen LogP contribution in [0.3, 0.4) is 0 Å². The molecule has 1 aliphatic rings. The number of nitrogens with zero attached hydrogens (tertiary/aromatic N) is 5. The lowest BCUT2D eigenvalue weighted by atomic mass is 9.98. The van der Waals surface area contributed by atoms with Gasteiger partial charge in [-0.1, -0.05) is 0 Å². The average Bonchev–Trinajstić information content (AvgIpc) is 3.06. The Bertz CT molecular complexity index is 563. The molecule has 8 nitrogen and oxygen atoms in total. The number of piperidine rings is 1. The Hall–Kier alpha value is -1.39. The van der Waals surface area contributed by atoms with Crippen LogP contribution in [0.25, 0.3) is 0 Å². The van der Waals surface area contributed by atoms with E-state index in [1.807, 2.05) is 18.4 Å². The molecule has 0 radical (unpaired) electrons. The molecule has 1 fully saturated rings. The zero-order chi connectivity index (χ0) is 17.4. The quantitative estimate of drug-likeness (QED) is 0.299. The van der Waals surface area contributed by atoms with Gasteiger partial charge in [0.15, 0.2) is 11.8 Å². The van der Waals surface area contributed by atoms with Gasteiger partial charge < -0.3 is 19.5 Å². The minimum absolute atomic E-state index is 0. The highest BCUT2D eigenvalue weighted by atomic mass is 127. The van der Waals surface area contributed by atoms with E-state index in [1.165, 1.54) is 0 Å². The largest absolute Gasteiger partial charge is 0.466 e. The van der Waals surface area contributed by atoms with Crippen molar-refractivity contribution in [3.8, 4) is 0 Å². The second-order valence-electron chi connectivity index (χ2n) is 5.74. The van der Waals surface area contributed by atoms with Crippen LogP contribution in [0, 0.1) is 5.92 Å². The smallest absolute Gasteiger partial charge is 0.310 e. The second-order valence-corrected chi connectivity index (χ2v) is 5.74. The molecule has 1 atom stereocenters. The lowest BCUT2D eigenvalue weighted by Crippen LogP contribution is -2.48. The molecule has 0 spiro atoms. The number of hydrogen-bond acceptors (Lipinski definition) is 5. The van der Waals surface area contributed by atoms with E-state index < -0.39 is 0 Å². The van der Waals surface area contributed by atoms with Crippen LogP contribution in [-0.4, -0.2) is 57.8 Å². The highest BCUT2D eigenvalue weighted by molar-refractivity contribution is 14.0. The third-order valence-corrected chi connectivity index (χ3v) is 4.08. The summed E-state index contributed by atoms with van der Waals surface area (Å²) >= 11 is 0. The molecule has 2 rings (SSSR count). The molecule has 0 amide bonds. The fourth-order valence-electron chi connectivity index (χ4n) is 2.86. The maximum atomic E-state index is 12.0. The van der Waals surface area contributed by atoms with Crippen molar-refractivity contribution in [2.24, 2.45) is 10.9 Å². The summed E-state index contributed by atoms with van der Waals surface area (Å²) < 4.78 is 7.15. The number of likely N-dealkylation sites (tertiary alicyclic amines) is 1. The lowest BCUT2D eigenvalue weighted by molar-refractivity contribution is -0.149. The van der Waals surface area contributed by atoms with Crippen LogP contribution in [0.15, 0.2) is 11.3 Å². The summed E-state index contributed by atoms with van der Waals surface area (Å²) in [6.45, 7) is 9.96. The van der Waals surface area contributed by atoms with Crippen molar-refractivity contribution in [3.63, 3.8) is 0 Å². The molecular formula is C16H29IN6O2. The minimum Gasteiger partial charge on any atom is -0.466 e. The maximum Gasteiger partial charge on any atom is 0.310 e. The SMILES string of the molecule is CCNC(=NCc1nncn1CC)N1CCCC(C(=O)OCC)C1.I. The molecular weight excluding hydrogens is 435 g/mol. The van der Waals surface area contributed by atoms with Crippen molar-refractivity contribution in [1.29, 1.82) is 0 Å². The molecule has 1 aliphatic heterocycles. The van der Waals surface area contributed by atoms with E-state index in [1.54, 1.807) is 6.33 Å². The van der Waals surface area contributed by atoms with Crippen molar-refractivity contribution >= 4 is 35.9 Å². The molecule has 0 bridgehead atoms. The van der Waals surface area contributed by atoms with Crippen LogP contribution < -0.4 is 5.32 Å². The maximum absolute atomic E-state index is 12.0. The zero-order valence-corrected chi connectivity index (χ0v) is 17.6. The number of nitrogens with one attached hydrogen (secondary N) is 1. The molecule has 1 aromatic rings. The van der Waals surface area contributed by atoms with Crippen molar-refractivity contribution < 1.29 is 9.53 Å². The van der Waals surface area contributed by atoms with Gasteiger partial charge in [-0.3, -0.25) is 4.79 Å². The molecule has 1 unspecified atom stereocenters. The number of hydrogen-bond donors (Lipinski definition) is 1. The topological polar surface area (TPSA) is 84.6 Å². The number of esters is 1.